The summed E-state index contributed by atoms with van der Waals surface area (Å²) in [6, 6.07) is 17.9. The van der Waals surface area contributed by atoms with Crippen molar-refractivity contribution in [3.8, 4) is 0 Å². The van der Waals surface area contributed by atoms with Crippen molar-refractivity contribution >= 4 is 54.7 Å². The van der Waals surface area contributed by atoms with E-state index in [1.54, 1.807) is 30.3 Å². The Morgan fingerprint density at radius 3 is 2.06 bits per heavy atom. The quantitative estimate of drug-likeness (QED) is 0.409. The molecule has 0 radical (unpaired) electrons. The number of anilines is 2. The summed E-state index contributed by atoms with van der Waals surface area (Å²) in [6.45, 7) is -0.611. The molecule has 1 N–H and O–H groups in total. The molecule has 0 heterocycles. The number of benzene rings is 3. The lowest BCUT2D eigenvalue weighted by Crippen LogP contribution is -2.37. The highest BCUT2D eigenvalue weighted by atomic mass is 35.5. The van der Waals surface area contributed by atoms with E-state index < -0.39 is 32.5 Å². The first-order valence-corrected chi connectivity index (χ1v) is 14.2. The molecule has 190 valence electrons. The Balaban J connectivity index is 1.88. The third kappa shape index (κ3) is 6.30. The Bertz CT molecular complexity index is 1490. The molecular weight excluding hydrogens is 526 g/mol. The van der Waals surface area contributed by atoms with Gasteiger partial charge in [-0.25, -0.2) is 21.1 Å². The predicted molar refractivity (Wildman–Crippen MR) is 139 cm³/mol. The maximum atomic E-state index is 13.0. The van der Waals surface area contributed by atoms with E-state index in [1.165, 1.54) is 56.6 Å². The predicted octanol–water partition coefficient (Wildman–Crippen LogP) is 3.23. The van der Waals surface area contributed by atoms with Gasteiger partial charge in [0.25, 0.3) is 0 Å². The smallest absolute Gasteiger partial charge is 0.245 e. The van der Waals surface area contributed by atoms with Crippen molar-refractivity contribution in [2.24, 2.45) is 0 Å². The highest BCUT2D eigenvalue weighted by Crippen LogP contribution is 2.25. The number of amides is 1. The van der Waals surface area contributed by atoms with Crippen LogP contribution in [0, 0.1) is 0 Å². The molecule has 0 aromatic heterocycles. The molecule has 0 aliphatic heterocycles. The molecule has 0 aliphatic carbocycles. The first-order valence-electron chi connectivity index (χ1n) is 10.5. The van der Waals surface area contributed by atoms with Gasteiger partial charge < -0.3 is 5.32 Å². The normalized spacial score (nSPS) is 11.8. The van der Waals surface area contributed by atoms with E-state index >= 15 is 0 Å². The number of halogens is 1. The molecule has 3 aromatic carbocycles. The molecule has 0 spiro atoms. The van der Waals surface area contributed by atoms with Crippen molar-refractivity contribution in [3.63, 3.8) is 0 Å². The van der Waals surface area contributed by atoms with Crippen LogP contribution >= 0.6 is 11.6 Å². The third-order valence-electron chi connectivity index (χ3n) is 5.13. The van der Waals surface area contributed by atoms with Crippen molar-refractivity contribution in [3.05, 3.63) is 88.9 Å². The van der Waals surface area contributed by atoms with Crippen molar-refractivity contribution < 1.29 is 26.4 Å². The summed E-state index contributed by atoms with van der Waals surface area (Å²) in [6.07, 6.45) is 0.928. The van der Waals surface area contributed by atoms with Gasteiger partial charge in [-0.1, -0.05) is 41.9 Å². The first-order chi connectivity index (χ1) is 16.8. The largest absolute Gasteiger partial charge is 0.324 e. The number of carbonyl (C=O) groups is 2. The number of carbonyl (C=O) groups excluding carboxylic acids is 2. The summed E-state index contributed by atoms with van der Waals surface area (Å²) in [5.74, 6) is -1.08. The van der Waals surface area contributed by atoms with Crippen LogP contribution in [0.5, 0.6) is 0 Å². The molecule has 0 bridgehead atoms. The fourth-order valence-electron chi connectivity index (χ4n) is 3.27. The molecule has 12 heteroatoms. The number of nitrogens with one attached hydrogen (secondary N) is 1. The van der Waals surface area contributed by atoms with Crippen LogP contribution in [0.4, 0.5) is 11.4 Å². The van der Waals surface area contributed by atoms with Crippen LogP contribution in [-0.2, 0) is 24.8 Å². The Labute approximate surface area is 215 Å². The lowest BCUT2D eigenvalue weighted by atomic mass is 10.0. The zero-order valence-corrected chi connectivity index (χ0v) is 22.1. The van der Waals surface area contributed by atoms with Gasteiger partial charge in [0.15, 0.2) is 5.78 Å². The van der Waals surface area contributed by atoms with Crippen molar-refractivity contribution in [2.75, 3.05) is 36.5 Å². The minimum absolute atomic E-state index is 0.0283. The lowest BCUT2D eigenvalue weighted by Gasteiger charge is -2.22. The van der Waals surface area contributed by atoms with Crippen LogP contribution in [0.1, 0.15) is 15.9 Å². The van der Waals surface area contributed by atoms with Gasteiger partial charge in [0.1, 0.15) is 6.54 Å². The van der Waals surface area contributed by atoms with Gasteiger partial charge in [0.2, 0.25) is 26.0 Å². The zero-order chi connectivity index (χ0) is 26.7. The monoisotopic (exact) mass is 549 g/mol. The zero-order valence-electron chi connectivity index (χ0n) is 19.7. The summed E-state index contributed by atoms with van der Waals surface area (Å²) in [7, 11) is -4.88. The standard InChI is InChI=1S/C24H24ClN3O6S2/c1-27(2)36(33,34)20-12-10-19(11-13-20)28(35(3,31)32)16-23(29)26-22-14-9-18(25)15-21(22)24(30)17-7-5-4-6-8-17/h4-15H,16H2,1-3H3,(H,26,29). The first kappa shape index (κ1) is 27.3. The molecule has 0 saturated carbocycles. The third-order valence-corrected chi connectivity index (χ3v) is 8.33. The van der Waals surface area contributed by atoms with Crippen molar-refractivity contribution in [1.82, 2.24) is 4.31 Å². The van der Waals surface area contributed by atoms with Gasteiger partial charge >= 0.3 is 0 Å². The van der Waals surface area contributed by atoms with Crippen molar-refractivity contribution in [2.45, 2.75) is 4.90 Å². The van der Waals surface area contributed by atoms with E-state index in [0.717, 1.165) is 14.9 Å². The van der Waals surface area contributed by atoms with Gasteiger partial charge in [-0.2, -0.15) is 0 Å². The van der Waals surface area contributed by atoms with Crippen LogP contribution < -0.4 is 9.62 Å². The van der Waals surface area contributed by atoms with E-state index in [9.17, 15) is 26.4 Å². The lowest BCUT2D eigenvalue weighted by molar-refractivity contribution is -0.114. The molecule has 1 amide bonds. The van der Waals surface area contributed by atoms with E-state index in [0.29, 0.717) is 5.56 Å². The Hall–Kier alpha value is -3.25. The van der Waals surface area contributed by atoms with Gasteiger partial charge in [-0.15, -0.1) is 0 Å². The average molecular weight is 550 g/mol. The summed E-state index contributed by atoms with van der Waals surface area (Å²) >= 11 is 6.08. The van der Waals surface area contributed by atoms with E-state index in [2.05, 4.69) is 5.32 Å². The Morgan fingerprint density at radius 2 is 1.50 bits per heavy atom. The van der Waals surface area contributed by atoms with Crippen molar-refractivity contribution in [1.29, 1.82) is 0 Å². The molecular formula is C24H24ClN3O6S2. The number of hydrogen-bond donors (Lipinski definition) is 1. The molecule has 0 aliphatic rings. The number of sulfonamides is 2. The molecule has 0 atom stereocenters. The molecule has 0 saturated heterocycles. The second-order valence-electron chi connectivity index (χ2n) is 7.98. The number of ketones is 1. The van der Waals surface area contributed by atoms with Crippen LogP contribution in [0.25, 0.3) is 0 Å². The SMILES string of the molecule is CN(C)S(=O)(=O)c1ccc(N(CC(=O)Nc2ccc(Cl)cc2C(=O)c2ccccc2)S(C)(=O)=O)cc1. The van der Waals surface area contributed by atoms with E-state index in [1.807, 2.05) is 0 Å². The van der Waals surface area contributed by atoms with E-state index in [-0.39, 0.29) is 32.6 Å². The molecule has 0 unspecified atom stereocenters. The molecule has 3 rings (SSSR count). The molecule has 0 fully saturated rings. The fraction of sp³-hybridized carbons (Fsp3) is 0.167. The Morgan fingerprint density at radius 1 is 0.889 bits per heavy atom. The van der Waals surface area contributed by atoms with Crippen LogP contribution in [0.15, 0.2) is 77.7 Å². The second-order valence-corrected chi connectivity index (χ2v) is 12.5. The highest BCUT2D eigenvalue weighted by molar-refractivity contribution is 7.92. The van der Waals surface area contributed by atoms with Crippen LogP contribution in [0.3, 0.4) is 0 Å². The molecule has 9 nitrogen and oxygen atoms in total. The Kier molecular flexibility index (Phi) is 8.19. The number of rotatable bonds is 9. The van der Waals surface area contributed by atoms with Crippen LogP contribution in [-0.4, -0.2) is 59.7 Å². The second kappa shape index (κ2) is 10.8. The minimum atomic E-state index is -3.92. The van der Waals surface area contributed by atoms with Gasteiger partial charge in [0, 0.05) is 30.2 Å². The number of nitrogens with zero attached hydrogens (tertiary/aromatic N) is 2. The summed E-state index contributed by atoms with van der Waals surface area (Å²) in [4.78, 5) is 25.9. The maximum Gasteiger partial charge on any atom is 0.245 e. The molecule has 3 aromatic rings. The summed E-state index contributed by atoms with van der Waals surface area (Å²) in [5, 5.41) is 2.87. The molecule has 36 heavy (non-hydrogen) atoms. The van der Waals surface area contributed by atoms with Crippen LogP contribution in [0.2, 0.25) is 5.02 Å². The van der Waals surface area contributed by atoms with E-state index in [4.69, 9.17) is 11.6 Å². The topological polar surface area (TPSA) is 121 Å². The maximum absolute atomic E-state index is 13.0. The van der Waals surface area contributed by atoms with Gasteiger partial charge in [0.05, 0.1) is 22.5 Å². The fourth-order valence-corrected chi connectivity index (χ4v) is 5.20. The minimum Gasteiger partial charge on any atom is -0.324 e. The summed E-state index contributed by atoms with van der Waals surface area (Å²) < 4.78 is 51.4. The number of hydrogen-bond acceptors (Lipinski definition) is 6. The van der Waals surface area contributed by atoms with Gasteiger partial charge in [-0.05, 0) is 42.5 Å². The highest BCUT2D eigenvalue weighted by Gasteiger charge is 2.24. The van der Waals surface area contributed by atoms with Gasteiger partial charge in [-0.3, -0.25) is 13.9 Å². The summed E-state index contributed by atoms with van der Waals surface area (Å²) in [5.41, 5.74) is 0.799. The average Bonchev–Trinajstić information content (AvgIpc) is 2.83.